The summed E-state index contributed by atoms with van der Waals surface area (Å²) in [5, 5.41) is 10.1. The summed E-state index contributed by atoms with van der Waals surface area (Å²) in [4.78, 5) is 2.39. The zero-order valence-corrected chi connectivity index (χ0v) is 10.7. The van der Waals surface area contributed by atoms with Crippen molar-refractivity contribution in [3.8, 4) is 0 Å². The first-order chi connectivity index (χ1) is 8.84. The molecule has 1 aromatic carbocycles. The second-order valence-corrected chi connectivity index (χ2v) is 5.39. The van der Waals surface area contributed by atoms with E-state index in [4.69, 9.17) is 4.74 Å². The van der Waals surface area contributed by atoms with Crippen molar-refractivity contribution in [1.82, 2.24) is 4.90 Å². The van der Waals surface area contributed by atoms with Gasteiger partial charge in [-0.05, 0) is 24.9 Å². The first kappa shape index (κ1) is 12.2. The second kappa shape index (κ2) is 5.39. The van der Waals surface area contributed by atoms with Crippen LogP contribution in [0.15, 0.2) is 30.3 Å². The van der Waals surface area contributed by atoms with Crippen LogP contribution in [0.25, 0.3) is 0 Å². The maximum Gasteiger partial charge on any atom is 0.101 e. The minimum absolute atomic E-state index is 0.00879. The van der Waals surface area contributed by atoms with Gasteiger partial charge in [-0.3, -0.25) is 4.90 Å². The zero-order valence-electron chi connectivity index (χ0n) is 10.7. The molecule has 0 amide bonds. The number of aliphatic hydroxyl groups excluding tert-OH is 1. The first-order valence-corrected chi connectivity index (χ1v) is 6.92. The van der Waals surface area contributed by atoms with Gasteiger partial charge in [0.25, 0.3) is 0 Å². The first-order valence-electron chi connectivity index (χ1n) is 6.92. The molecule has 3 nitrogen and oxygen atoms in total. The largest absolute Gasteiger partial charge is 0.389 e. The highest BCUT2D eigenvalue weighted by molar-refractivity contribution is 5.13. The summed E-state index contributed by atoms with van der Waals surface area (Å²) >= 11 is 0. The molecule has 0 unspecified atom stereocenters. The van der Waals surface area contributed by atoms with E-state index in [2.05, 4.69) is 17.0 Å². The fraction of sp³-hybridized carbons (Fsp3) is 0.600. The predicted molar refractivity (Wildman–Crippen MR) is 70.2 cm³/mol. The molecule has 2 heterocycles. The molecule has 3 rings (SSSR count). The van der Waals surface area contributed by atoms with Crippen LogP contribution in [-0.4, -0.2) is 41.3 Å². The minimum Gasteiger partial charge on any atom is -0.389 e. The van der Waals surface area contributed by atoms with Gasteiger partial charge in [-0.1, -0.05) is 36.8 Å². The van der Waals surface area contributed by atoms with Gasteiger partial charge in [0.05, 0.1) is 12.7 Å². The lowest BCUT2D eigenvalue weighted by molar-refractivity contribution is -0.0403. The average molecular weight is 247 g/mol. The van der Waals surface area contributed by atoms with Crippen LogP contribution in [0.2, 0.25) is 0 Å². The van der Waals surface area contributed by atoms with Crippen molar-refractivity contribution in [3.05, 3.63) is 35.9 Å². The third-order valence-corrected chi connectivity index (χ3v) is 4.13. The number of hydrogen-bond donors (Lipinski definition) is 1. The Bertz CT molecular complexity index is 381. The highest BCUT2D eigenvalue weighted by atomic mass is 16.5. The van der Waals surface area contributed by atoms with Gasteiger partial charge in [-0.25, -0.2) is 0 Å². The molecule has 18 heavy (non-hydrogen) atoms. The molecular formula is C15H21NO2. The van der Waals surface area contributed by atoms with Crippen molar-refractivity contribution < 1.29 is 9.84 Å². The van der Waals surface area contributed by atoms with E-state index in [1.165, 1.54) is 18.4 Å². The highest BCUT2D eigenvalue weighted by Gasteiger charge is 2.42. The van der Waals surface area contributed by atoms with Gasteiger partial charge in [0.2, 0.25) is 0 Å². The lowest BCUT2D eigenvalue weighted by Gasteiger charge is -2.31. The molecule has 0 radical (unpaired) electrons. The summed E-state index contributed by atoms with van der Waals surface area (Å²) in [6.45, 7) is 2.50. The SMILES string of the molecule is O[C@@H]1CN2CCCC[C@H]2[C@@H]1OCc1ccccc1. The lowest BCUT2D eigenvalue weighted by atomic mass is 10.00. The molecule has 2 aliphatic rings. The summed E-state index contributed by atoms with van der Waals surface area (Å²) in [5.74, 6) is 0. The number of fused-ring (bicyclic) bond motifs is 1. The predicted octanol–water partition coefficient (Wildman–Crippen LogP) is 1.80. The monoisotopic (exact) mass is 247 g/mol. The second-order valence-electron chi connectivity index (χ2n) is 5.39. The topological polar surface area (TPSA) is 32.7 Å². The maximum atomic E-state index is 10.1. The van der Waals surface area contributed by atoms with Crippen LogP contribution in [0.5, 0.6) is 0 Å². The summed E-state index contributed by atoms with van der Waals surface area (Å²) < 4.78 is 5.98. The Labute approximate surface area is 108 Å². The Morgan fingerprint density at radius 1 is 1.22 bits per heavy atom. The van der Waals surface area contributed by atoms with E-state index in [-0.39, 0.29) is 12.2 Å². The molecule has 2 saturated heterocycles. The van der Waals surface area contributed by atoms with Crippen LogP contribution in [0.1, 0.15) is 24.8 Å². The fourth-order valence-electron chi connectivity index (χ4n) is 3.20. The number of nitrogens with zero attached hydrogens (tertiary/aromatic N) is 1. The Morgan fingerprint density at radius 3 is 2.89 bits per heavy atom. The highest BCUT2D eigenvalue weighted by Crippen LogP contribution is 2.29. The van der Waals surface area contributed by atoms with E-state index < -0.39 is 0 Å². The quantitative estimate of drug-likeness (QED) is 0.884. The Kier molecular flexibility index (Phi) is 3.64. The van der Waals surface area contributed by atoms with Crippen LogP contribution in [0.3, 0.4) is 0 Å². The van der Waals surface area contributed by atoms with Crippen molar-refractivity contribution in [2.45, 2.75) is 44.1 Å². The van der Waals surface area contributed by atoms with E-state index in [1.54, 1.807) is 0 Å². The summed E-state index contributed by atoms with van der Waals surface area (Å²) in [7, 11) is 0. The third kappa shape index (κ3) is 2.44. The van der Waals surface area contributed by atoms with E-state index in [0.717, 1.165) is 19.5 Å². The minimum atomic E-state index is -0.322. The summed E-state index contributed by atoms with van der Waals surface area (Å²) in [6.07, 6.45) is 3.35. The third-order valence-electron chi connectivity index (χ3n) is 4.13. The normalized spacial score (nSPS) is 32.4. The molecule has 98 valence electrons. The van der Waals surface area contributed by atoms with Crippen LogP contribution < -0.4 is 0 Å². The van der Waals surface area contributed by atoms with Gasteiger partial charge >= 0.3 is 0 Å². The molecular weight excluding hydrogens is 226 g/mol. The van der Waals surface area contributed by atoms with Crippen molar-refractivity contribution in [2.24, 2.45) is 0 Å². The molecule has 0 aliphatic carbocycles. The van der Waals surface area contributed by atoms with Crippen LogP contribution >= 0.6 is 0 Å². The molecule has 1 N–H and O–H groups in total. The average Bonchev–Trinajstić information content (AvgIpc) is 2.73. The van der Waals surface area contributed by atoms with E-state index in [0.29, 0.717) is 12.6 Å². The number of aliphatic hydroxyl groups is 1. The summed E-state index contributed by atoms with van der Waals surface area (Å²) in [6, 6.07) is 10.6. The molecule has 1 aromatic rings. The molecule has 0 bridgehead atoms. The van der Waals surface area contributed by atoms with E-state index in [9.17, 15) is 5.11 Å². The van der Waals surface area contributed by atoms with Crippen molar-refractivity contribution in [2.75, 3.05) is 13.1 Å². The molecule has 3 atom stereocenters. The van der Waals surface area contributed by atoms with E-state index in [1.807, 2.05) is 18.2 Å². The van der Waals surface area contributed by atoms with Crippen LogP contribution in [0, 0.1) is 0 Å². The number of ether oxygens (including phenoxy) is 1. The Hall–Kier alpha value is -0.900. The van der Waals surface area contributed by atoms with E-state index >= 15 is 0 Å². The van der Waals surface area contributed by atoms with Crippen molar-refractivity contribution in [1.29, 1.82) is 0 Å². The van der Waals surface area contributed by atoms with Crippen molar-refractivity contribution in [3.63, 3.8) is 0 Å². The zero-order chi connectivity index (χ0) is 12.4. The van der Waals surface area contributed by atoms with Crippen molar-refractivity contribution >= 4 is 0 Å². The molecule has 2 fully saturated rings. The number of rotatable bonds is 3. The number of hydrogen-bond acceptors (Lipinski definition) is 3. The molecule has 0 saturated carbocycles. The Balaban J connectivity index is 1.61. The van der Waals surface area contributed by atoms with Gasteiger partial charge < -0.3 is 9.84 Å². The number of benzene rings is 1. The smallest absolute Gasteiger partial charge is 0.101 e. The van der Waals surface area contributed by atoms with Gasteiger partial charge in [-0.15, -0.1) is 0 Å². The summed E-state index contributed by atoms with van der Waals surface area (Å²) in [5.41, 5.74) is 1.18. The molecule has 0 aromatic heterocycles. The van der Waals surface area contributed by atoms with Crippen LogP contribution in [0.4, 0.5) is 0 Å². The fourth-order valence-corrected chi connectivity index (χ4v) is 3.20. The van der Waals surface area contributed by atoms with Gasteiger partial charge in [0.15, 0.2) is 0 Å². The molecule has 2 aliphatic heterocycles. The Morgan fingerprint density at radius 2 is 2.06 bits per heavy atom. The lowest BCUT2D eigenvalue weighted by Crippen LogP contribution is -2.40. The maximum absolute atomic E-state index is 10.1. The van der Waals surface area contributed by atoms with Gasteiger partial charge in [0, 0.05) is 12.6 Å². The number of piperidine rings is 1. The molecule has 3 heteroatoms. The standard InChI is InChI=1S/C15H21NO2/c17-14-10-16-9-5-4-8-13(16)15(14)18-11-12-6-2-1-3-7-12/h1-3,6-7,13-15,17H,4-5,8-11H2/t13-,14+,15-/m0/s1. The molecule has 0 spiro atoms. The van der Waals surface area contributed by atoms with Gasteiger partial charge in [0.1, 0.15) is 6.10 Å². The van der Waals surface area contributed by atoms with Gasteiger partial charge in [-0.2, -0.15) is 0 Å². The van der Waals surface area contributed by atoms with Crippen LogP contribution in [-0.2, 0) is 11.3 Å².